The molecule has 116 valence electrons. The number of hydrogen-bond donors (Lipinski definition) is 1. The monoisotopic (exact) mass is 345 g/mol. The number of carbonyl (C=O) groups is 1. The fourth-order valence-electron chi connectivity index (χ4n) is 1.87. The molecule has 3 aromatic rings. The molecular formula is C16H12ClN3O2S. The highest BCUT2D eigenvalue weighted by Gasteiger charge is 2.14. The Labute approximate surface area is 141 Å². The molecule has 0 bridgehead atoms. The highest BCUT2D eigenvalue weighted by Crippen LogP contribution is 2.23. The van der Waals surface area contributed by atoms with Crippen LogP contribution in [0.5, 0.6) is 11.6 Å². The Balaban J connectivity index is 1.72. The molecule has 0 aliphatic heterocycles. The van der Waals surface area contributed by atoms with Crippen molar-refractivity contribution in [3.05, 3.63) is 69.8 Å². The molecule has 0 aliphatic rings. The third-order valence-electron chi connectivity index (χ3n) is 2.92. The highest BCUT2D eigenvalue weighted by atomic mass is 35.5. The SMILES string of the molecule is O=C(NCc1ccc(Cl)s1)c1cccnc1Oc1cccnc1. The van der Waals surface area contributed by atoms with Gasteiger partial charge >= 0.3 is 0 Å². The van der Waals surface area contributed by atoms with Gasteiger partial charge in [0.05, 0.1) is 17.1 Å². The van der Waals surface area contributed by atoms with Crippen molar-refractivity contribution in [1.82, 2.24) is 15.3 Å². The van der Waals surface area contributed by atoms with E-state index in [1.165, 1.54) is 11.3 Å². The molecule has 0 saturated carbocycles. The Morgan fingerprint density at radius 3 is 2.83 bits per heavy atom. The summed E-state index contributed by atoms with van der Waals surface area (Å²) in [4.78, 5) is 21.4. The Hall–Kier alpha value is -2.44. The van der Waals surface area contributed by atoms with Crippen LogP contribution in [0.15, 0.2) is 55.0 Å². The van der Waals surface area contributed by atoms with Crippen molar-refractivity contribution in [2.75, 3.05) is 0 Å². The van der Waals surface area contributed by atoms with Crippen molar-refractivity contribution in [2.24, 2.45) is 0 Å². The Morgan fingerprint density at radius 1 is 1.22 bits per heavy atom. The minimum absolute atomic E-state index is 0.238. The van der Waals surface area contributed by atoms with E-state index in [4.69, 9.17) is 16.3 Å². The maximum atomic E-state index is 12.4. The number of rotatable bonds is 5. The first-order valence-electron chi connectivity index (χ1n) is 6.77. The van der Waals surface area contributed by atoms with Crippen LogP contribution in [0.4, 0.5) is 0 Å². The van der Waals surface area contributed by atoms with E-state index in [1.54, 1.807) is 48.9 Å². The second-order valence-corrected chi connectivity index (χ2v) is 6.34. The van der Waals surface area contributed by atoms with Gasteiger partial charge in [-0.25, -0.2) is 4.98 Å². The van der Waals surface area contributed by atoms with Gasteiger partial charge in [0, 0.05) is 17.3 Å². The normalized spacial score (nSPS) is 10.3. The molecule has 0 aromatic carbocycles. The fourth-order valence-corrected chi connectivity index (χ4v) is 2.90. The predicted molar refractivity (Wildman–Crippen MR) is 89.0 cm³/mol. The molecule has 1 amide bonds. The quantitative estimate of drug-likeness (QED) is 0.761. The van der Waals surface area contributed by atoms with Gasteiger partial charge in [0.1, 0.15) is 11.3 Å². The molecule has 0 spiro atoms. The first kappa shape index (κ1) is 15.5. The van der Waals surface area contributed by atoms with Gasteiger partial charge in [0.2, 0.25) is 5.88 Å². The summed E-state index contributed by atoms with van der Waals surface area (Å²) in [5.41, 5.74) is 0.360. The van der Waals surface area contributed by atoms with Crippen molar-refractivity contribution < 1.29 is 9.53 Å². The number of pyridine rings is 2. The third kappa shape index (κ3) is 4.06. The lowest BCUT2D eigenvalue weighted by Gasteiger charge is -2.09. The first-order chi connectivity index (χ1) is 11.2. The molecule has 0 fully saturated rings. The van der Waals surface area contributed by atoms with E-state index < -0.39 is 0 Å². The lowest BCUT2D eigenvalue weighted by atomic mass is 10.2. The van der Waals surface area contributed by atoms with Crippen LogP contribution in [0.3, 0.4) is 0 Å². The van der Waals surface area contributed by atoms with Crippen LogP contribution in [0, 0.1) is 0 Å². The summed E-state index contributed by atoms with van der Waals surface area (Å²) in [5.74, 6) is 0.494. The van der Waals surface area contributed by atoms with E-state index >= 15 is 0 Å². The maximum Gasteiger partial charge on any atom is 0.257 e. The van der Waals surface area contributed by atoms with Crippen LogP contribution >= 0.6 is 22.9 Å². The number of aromatic nitrogens is 2. The Morgan fingerprint density at radius 2 is 2.09 bits per heavy atom. The average Bonchev–Trinajstić information content (AvgIpc) is 3.00. The van der Waals surface area contributed by atoms with Gasteiger partial charge in [0.25, 0.3) is 5.91 Å². The summed E-state index contributed by atoms with van der Waals surface area (Å²) >= 11 is 7.31. The van der Waals surface area contributed by atoms with E-state index in [-0.39, 0.29) is 11.8 Å². The number of thiophene rings is 1. The van der Waals surface area contributed by atoms with Crippen LogP contribution in [-0.4, -0.2) is 15.9 Å². The smallest absolute Gasteiger partial charge is 0.257 e. The molecule has 3 aromatic heterocycles. The number of nitrogens with zero attached hydrogens (tertiary/aromatic N) is 2. The van der Waals surface area contributed by atoms with Gasteiger partial charge in [-0.3, -0.25) is 9.78 Å². The summed E-state index contributed by atoms with van der Waals surface area (Å²) in [5, 5.41) is 2.83. The number of ether oxygens (including phenoxy) is 1. The predicted octanol–water partition coefficient (Wildman–Crippen LogP) is 3.91. The molecule has 5 nitrogen and oxygen atoms in total. The minimum atomic E-state index is -0.262. The summed E-state index contributed by atoms with van der Waals surface area (Å²) in [6.45, 7) is 0.400. The summed E-state index contributed by atoms with van der Waals surface area (Å²) in [7, 11) is 0. The van der Waals surface area contributed by atoms with Gasteiger partial charge in [-0.2, -0.15) is 0 Å². The number of amides is 1. The van der Waals surface area contributed by atoms with Crippen molar-refractivity contribution >= 4 is 28.8 Å². The van der Waals surface area contributed by atoms with Gasteiger partial charge in [0.15, 0.2) is 0 Å². The van der Waals surface area contributed by atoms with Gasteiger partial charge in [-0.15, -0.1) is 11.3 Å². The van der Waals surface area contributed by atoms with Crippen molar-refractivity contribution in [2.45, 2.75) is 6.54 Å². The van der Waals surface area contributed by atoms with Gasteiger partial charge in [-0.05, 0) is 36.4 Å². The van der Waals surface area contributed by atoms with E-state index in [2.05, 4.69) is 15.3 Å². The second kappa shape index (κ2) is 7.21. The molecule has 7 heteroatoms. The van der Waals surface area contributed by atoms with Gasteiger partial charge < -0.3 is 10.1 Å². The number of hydrogen-bond acceptors (Lipinski definition) is 5. The summed E-state index contributed by atoms with van der Waals surface area (Å²) in [6.07, 6.45) is 4.77. The lowest BCUT2D eigenvalue weighted by Crippen LogP contribution is -2.23. The average molecular weight is 346 g/mol. The highest BCUT2D eigenvalue weighted by molar-refractivity contribution is 7.16. The number of halogens is 1. The third-order valence-corrected chi connectivity index (χ3v) is 4.15. The molecule has 0 aliphatic carbocycles. The molecule has 0 saturated heterocycles. The molecule has 3 rings (SSSR count). The van der Waals surface area contributed by atoms with Crippen LogP contribution < -0.4 is 10.1 Å². The number of carbonyl (C=O) groups excluding carboxylic acids is 1. The Bertz CT molecular complexity index is 808. The second-order valence-electron chi connectivity index (χ2n) is 4.54. The zero-order chi connectivity index (χ0) is 16.1. The fraction of sp³-hybridized carbons (Fsp3) is 0.0625. The van der Waals surface area contributed by atoms with Crippen molar-refractivity contribution in [3.63, 3.8) is 0 Å². The van der Waals surface area contributed by atoms with Crippen LogP contribution in [-0.2, 0) is 6.54 Å². The maximum absolute atomic E-state index is 12.4. The van der Waals surface area contributed by atoms with E-state index in [0.717, 1.165) is 4.88 Å². The molecular weight excluding hydrogens is 334 g/mol. The van der Waals surface area contributed by atoms with Crippen LogP contribution in [0.2, 0.25) is 4.34 Å². The standard InChI is InChI=1S/C16H12ClN3O2S/c17-14-6-5-12(23-14)10-20-15(21)13-4-2-8-19-16(13)22-11-3-1-7-18-9-11/h1-9H,10H2,(H,20,21). The lowest BCUT2D eigenvalue weighted by molar-refractivity contribution is 0.0948. The molecule has 1 N–H and O–H groups in total. The first-order valence-corrected chi connectivity index (χ1v) is 7.97. The molecule has 3 heterocycles. The van der Waals surface area contributed by atoms with Crippen molar-refractivity contribution in [3.8, 4) is 11.6 Å². The molecule has 0 unspecified atom stereocenters. The zero-order valence-electron chi connectivity index (χ0n) is 11.9. The van der Waals surface area contributed by atoms with Crippen molar-refractivity contribution in [1.29, 1.82) is 0 Å². The van der Waals surface area contributed by atoms with E-state index in [0.29, 0.717) is 22.2 Å². The molecule has 0 atom stereocenters. The molecule has 0 radical (unpaired) electrons. The van der Waals surface area contributed by atoms with E-state index in [9.17, 15) is 4.79 Å². The minimum Gasteiger partial charge on any atom is -0.437 e. The summed E-state index contributed by atoms with van der Waals surface area (Å²) < 4.78 is 6.32. The van der Waals surface area contributed by atoms with Crippen LogP contribution in [0.1, 0.15) is 15.2 Å². The summed E-state index contributed by atoms with van der Waals surface area (Å²) in [6, 6.07) is 10.5. The largest absolute Gasteiger partial charge is 0.437 e. The molecule has 23 heavy (non-hydrogen) atoms. The zero-order valence-corrected chi connectivity index (χ0v) is 13.5. The Kier molecular flexibility index (Phi) is 4.85. The number of nitrogens with one attached hydrogen (secondary N) is 1. The van der Waals surface area contributed by atoms with Crippen LogP contribution in [0.25, 0.3) is 0 Å². The topological polar surface area (TPSA) is 64.1 Å². The van der Waals surface area contributed by atoms with Gasteiger partial charge in [-0.1, -0.05) is 11.6 Å². The van der Waals surface area contributed by atoms with E-state index in [1.807, 2.05) is 6.07 Å².